The van der Waals surface area contributed by atoms with E-state index in [2.05, 4.69) is 10.0 Å². The molecule has 0 atom stereocenters. The Labute approximate surface area is 180 Å². The highest BCUT2D eigenvalue weighted by atomic mass is 32.2. The van der Waals surface area contributed by atoms with Crippen LogP contribution in [0.1, 0.15) is 5.56 Å². The third-order valence-corrected chi connectivity index (χ3v) is 5.96. The van der Waals surface area contributed by atoms with Crippen molar-refractivity contribution in [2.45, 2.75) is 11.3 Å². The lowest BCUT2D eigenvalue weighted by Crippen LogP contribution is -2.35. The lowest BCUT2D eigenvalue weighted by molar-refractivity contribution is -0.385. The largest absolute Gasteiger partial charge is 0.355 e. The van der Waals surface area contributed by atoms with Gasteiger partial charge in [-0.05, 0) is 22.8 Å². The number of amides is 1. The molecule has 160 valence electrons. The fourth-order valence-corrected chi connectivity index (χ4v) is 4.00. The van der Waals surface area contributed by atoms with Crippen LogP contribution in [0.3, 0.4) is 0 Å². The quantitative estimate of drug-likeness (QED) is 0.302. The summed E-state index contributed by atoms with van der Waals surface area (Å²) in [5.41, 5.74) is 2.68. The Morgan fingerprint density at radius 2 is 1.55 bits per heavy atom. The average molecular weight is 439 g/mol. The second-order valence-electron chi connectivity index (χ2n) is 6.74. The van der Waals surface area contributed by atoms with E-state index in [1.54, 1.807) is 0 Å². The maximum absolute atomic E-state index is 12.2. The number of hydrogen-bond acceptors (Lipinski definition) is 5. The smallest absolute Gasteiger partial charge is 0.270 e. The van der Waals surface area contributed by atoms with Crippen LogP contribution in [-0.2, 0) is 21.2 Å². The molecule has 2 N–H and O–H groups in total. The Bertz CT molecular complexity index is 1160. The number of non-ortho nitro benzene ring substituents is 1. The molecule has 8 nitrogen and oxygen atoms in total. The van der Waals surface area contributed by atoms with Crippen LogP contribution in [0.25, 0.3) is 11.1 Å². The zero-order valence-electron chi connectivity index (χ0n) is 16.5. The topological polar surface area (TPSA) is 118 Å². The standard InChI is InChI=1S/C22H21N3O5S/c26-22(15-17-9-11-19(12-10-17)18-5-2-1-3-6-18)23-13-14-24-31(29,30)21-8-4-7-20(16-21)25(27)28/h1-12,16,24H,13-15H2,(H,23,26). The number of nitro groups is 1. The molecule has 3 aromatic rings. The van der Waals surface area contributed by atoms with Gasteiger partial charge >= 0.3 is 0 Å². The van der Waals surface area contributed by atoms with E-state index in [4.69, 9.17) is 0 Å². The molecule has 31 heavy (non-hydrogen) atoms. The number of benzene rings is 3. The maximum atomic E-state index is 12.2. The molecule has 0 aliphatic heterocycles. The number of carbonyl (C=O) groups is 1. The van der Waals surface area contributed by atoms with Gasteiger partial charge in [-0.1, -0.05) is 60.7 Å². The minimum Gasteiger partial charge on any atom is -0.355 e. The van der Waals surface area contributed by atoms with E-state index in [9.17, 15) is 23.3 Å². The van der Waals surface area contributed by atoms with E-state index >= 15 is 0 Å². The molecule has 0 fully saturated rings. The van der Waals surface area contributed by atoms with Crippen molar-refractivity contribution in [3.8, 4) is 11.1 Å². The lowest BCUT2D eigenvalue weighted by Gasteiger charge is -2.09. The van der Waals surface area contributed by atoms with Crippen LogP contribution in [0.2, 0.25) is 0 Å². The number of carbonyl (C=O) groups excluding carboxylic acids is 1. The molecular weight excluding hydrogens is 418 g/mol. The van der Waals surface area contributed by atoms with Crippen molar-refractivity contribution in [3.63, 3.8) is 0 Å². The number of hydrogen-bond donors (Lipinski definition) is 2. The molecule has 0 aliphatic rings. The fraction of sp³-hybridized carbons (Fsp3) is 0.136. The Morgan fingerprint density at radius 3 is 2.23 bits per heavy atom. The van der Waals surface area contributed by atoms with Gasteiger partial charge in [-0.2, -0.15) is 0 Å². The van der Waals surface area contributed by atoms with Crippen LogP contribution in [-0.4, -0.2) is 32.3 Å². The Balaban J connectivity index is 1.47. The first-order valence-corrected chi connectivity index (χ1v) is 11.0. The number of nitrogens with zero attached hydrogens (tertiary/aromatic N) is 1. The highest BCUT2D eigenvalue weighted by molar-refractivity contribution is 7.89. The van der Waals surface area contributed by atoms with Crippen LogP contribution in [0.15, 0.2) is 83.8 Å². The van der Waals surface area contributed by atoms with Gasteiger partial charge in [-0.25, -0.2) is 13.1 Å². The van der Waals surface area contributed by atoms with Crippen LogP contribution >= 0.6 is 0 Å². The summed E-state index contributed by atoms with van der Waals surface area (Å²) in [6, 6.07) is 22.3. The van der Waals surface area contributed by atoms with Gasteiger partial charge in [-0.3, -0.25) is 14.9 Å². The van der Waals surface area contributed by atoms with Crippen molar-refractivity contribution < 1.29 is 18.1 Å². The van der Waals surface area contributed by atoms with Crippen molar-refractivity contribution in [1.29, 1.82) is 0 Å². The molecule has 3 aromatic carbocycles. The molecule has 0 saturated carbocycles. The predicted molar refractivity (Wildman–Crippen MR) is 117 cm³/mol. The molecule has 9 heteroatoms. The summed E-state index contributed by atoms with van der Waals surface area (Å²) < 4.78 is 26.8. The summed E-state index contributed by atoms with van der Waals surface area (Å²) in [4.78, 5) is 22.1. The normalized spacial score (nSPS) is 11.1. The molecule has 0 aliphatic carbocycles. The minimum atomic E-state index is -3.91. The third kappa shape index (κ3) is 6.21. The minimum absolute atomic E-state index is 0.0380. The summed E-state index contributed by atoms with van der Waals surface area (Å²) in [5.74, 6) is -0.234. The Morgan fingerprint density at radius 1 is 0.871 bits per heavy atom. The lowest BCUT2D eigenvalue weighted by atomic mass is 10.0. The SMILES string of the molecule is O=C(Cc1ccc(-c2ccccc2)cc1)NCCNS(=O)(=O)c1cccc([N+](=O)[O-])c1. The zero-order valence-corrected chi connectivity index (χ0v) is 17.3. The number of sulfonamides is 1. The molecule has 0 radical (unpaired) electrons. The van der Waals surface area contributed by atoms with Gasteiger partial charge in [0.1, 0.15) is 0 Å². The van der Waals surface area contributed by atoms with Crippen LogP contribution in [0.4, 0.5) is 5.69 Å². The summed E-state index contributed by atoms with van der Waals surface area (Å²) in [6.07, 6.45) is 0.173. The summed E-state index contributed by atoms with van der Waals surface area (Å²) in [5, 5.41) is 13.5. The average Bonchev–Trinajstić information content (AvgIpc) is 2.78. The van der Waals surface area contributed by atoms with Crippen molar-refractivity contribution in [3.05, 3.63) is 94.5 Å². The summed E-state index contributed by atoms with van der Waals surface area (Å²) in [7, 11) is -3.91. The first-order valence-electron chi connectivity index (χ1n) is 9.50. The van der Waals surface area contributed by atoms with Gasteiger partial charge < -0.3 is 5.32 Å². The summed E-state index contributed by atoms with van der Waals surface area (Å²) in [6.45, 7) is 0.0544. The highest BCUT2D eigenvalue weighted by Crippen LogP contribution is 2.19. The highest BCUT2D eigenvalue weighted by Gasteiger charge is 2.17. The molecule has 1 amide bonds. The van der Waals surface area contributed by atoms with E-state index in [-0.39, 0.29) is 36.0 Å². The van der Waals surface area contributed by atoms with Gasteiger partial charge in [0, 0.05) is 25.2 Å². The Hall–Kier alpha value is -3.56. The molecule has 3 rings (SSSR count). The number of nitrogens with one attached hydrogen (secondary N) is 2. The van der Waals surface area contributed by atoms with E-state index in [0.717, 1.165) is 22.8 Å². The number of nitro benzene ring substituents is 1. The molecule has 0 unspecified atom stereocenters. The van der Waals surface area contributed by atoms with Gasteiger partial charge in [-0.15, -0.1) is 0 Å². The van der Waals surface area contributed by atoms with E-state index in [0.29, 0.717) is 0 Å². The second kappa shape index (κ2) is 9.96. The van der Waals surface area contributed by atoms with Crippen molar-refractivity contribution >= 4 is 21.6 Å². The molecule has 0 aromatic heterocycles. The van der Waals surface area contributed by atoms with E-state index < -0.39 is 14.9 Å². The van der Waals surface area contributed by atoms with Gasteiger partial charge in [0.25, 0.3) is 5.69 Å². The second-order valence-corrected chi connectivity index (χ2v) is 8.51. The predicted octanol–water partition coefficient (Wildman–Crippen LogP) is 2.90. The third-order valence-electron chi connectivity index (χ3n) is 4.50. The number of rotatable bonds is 9. The van der Waals surface area contributed by atoms with Crippen LogP contribution < -0.4 is 10.0 Å². The van der Waals surface area contributed by atoms with Crippen LogP contribution in [0.5, 0.6) is 0 Å². The van der Waals surface area contributed by atoms with E-state index in [1.807, 2.05) is 54.6 Å². The summed E-state index contributed by atoms with van der Waals surface area (Å²) >= 11 is 0. The van der Waals surface area contributed by atoms with Crippen molar-refractivity contribution in [1.82, 2.24) is 10.0 Å². The Kier molecular flexibility index (Phi) is 7.11. The molecule has 0 saturated heterocycles. The van der Waals surface area contributed by atoms with Gasteiger partial charge in [0.15, 0.2) is 0 Å². The van der Waals surface area contributed by atoms with Crippen LogP contribution in [0, 0.1) is 10.1 Å². The maximum Gasteiger partial charge on any atom is 0.270 e. The first-order chi connectivity index (χ1) is 14.8. The monoisotopic (exact) mass is 439 g/mol. The van der Waals surface area contributed by atoms with Crippen molar-refractivity contribution in [2.24, 2.45) is 0 Å². The molecule has 0 spiro atoms. The molecule has 0 heterocycles. The van der Waals surface area contributed by atoms with Gasteiger partial charge in [0.05, 0.1) is 16.2 Å². The molecule has 0 bridgehead atoms. The first kappa shape index (κ1) is 22.1. The van der Waals surface area contributed by atoms with Gasteiger partial charge in [0.2, 0.25) is 15.9 Å². The van der Waals surface area contributed by atoms with Crippen molar-refractivity contribution in [2.75, 3.05) is 13.1 Å². The molecular formula is C22H21N3O5S. The van der Waals surface area contributed by atoms with E-state index in [1.165, 1.54) is 18.2 Å². The zero-order chi connectivity index (χ0) is 22.3. The fourth-order valence-electron chi connectivity index (χ4n) is 2.93.